The number of amides is 2. The summed E-state index contributed by atoms with van der Waals surface area (Å²) in [5.41, 5.74) is 2.42. The quantitative estimate of drug-likeness (QED) is 0.885. The molecule has 0 radical (unpaired) electrons. The summed E-state index contributed by atoms with van der Waals surface area (Å²) in [5.74, 6) is -1.08. The van der Waals surface area contributed by atoms with Gasteiger partial charge in [0.2, 0.25) is 0 Å². The molecule has 0 aliphatic heterocycles. The maximum absolute atomic E-state index is 12.3. The first-order valence-electron chi connectivity index (χ1n) is 7.49. The Morgan fingerprint density at radius 1 is 1.00 bits per heavy atom. The van der Waals surface area contributed by atoms with E-state index in [2.05, 4.69) is 5.32 Å². The number of carboxylic acids is 1. The van der Waals surface area contributed by atoms with Crippen LogP contribution in [-0.4, -0.2) is 43.1 Å². The number of rotatable bonds is 5. The number of carbonyl (C=O) groups is 2. The van der Waals surface area contributed by atoms with Gasteiger partial charge in [-0.15, -0.1) is 0 Å². The molecule has 2 amide bonds. The maximum Gasteiger partial charge on any atom is 0.337 e. The van der Waals surface area contributed by atoms with Crippen LogP contribution in [0.3, 0.4) is 0 Å². The van der Waals surface area contributed by atoms with Crippen LogP contribution in [0.4, 0.5) is 16.2 Å². The summed E-state index contributed by atoms with van der Waals surface area (Å²) in [7, 11) is 5.60. The summed E-state index contributed by atoms with van der Waals surface area (Å²) < 4.78 is 0. The Morgan fingerprint density at radius 3 is 2.21 bits per heavy atom. The van der Waals surface area contributed by atoms with Gasteiger partial charge in [-0.05, 0) is 29.8 Å². The molecular formula is C18H21N3O3. The van der Waals surface area contributed by atoms with E-state index in [0.717, 1.165) is 11.3 Å². The molecule has 6 heteroatoms. The fourth-order valence-electron chi connectivity index (χ4n) is 2.23. The third-order valence-corrected chi connectivity index (χ3v) is 3.62. The second-order valence-corrected chi connectivity index (χ2v) is 5.70. The first-order chi connectivity index (χ1) is 11.4. The highest BCUT2D eigenvalue weighted by Crippen LogP contribution is 2.17. The highest BCUT2D eigenvalue weighted by molar-refractivity contribution is 5.99. The molecule has 0 spiro atoms. The summed E-state index contributed by atoms with van der Waals surface area (Å²) >= 11 is 0. The number of aromatic carboxylic acids is 1. The largest absolute Gasteiger partial charge is 0.478 e. The van der Waals surface area contributed by atoms with Gasteiger partial charge in [-0.3, -0.25) is 0 Å². The fourth-order valence-corrected chi connectivity index (χ4v) is 2.23. The van der Waals surface area contributed by atoms with Gasteiger partial charge in [0.1, 0.15) is 0 Å². The molecule has 2 rings (SSSR count). The van der Waals surface area contributed by atoms with Gasteiger partial charge in [0.05, 0.1) is 11.3 Å². The number of hydrogen-bond donors (Lipinski definition) is 2. The van der Waals surface area contributed by atoms with Crippen molar-refractivity contribution in [3.05, 3.63) is 59.7 Å². The van der Waals surface area contributed by atoms with E-state index < -0.39 is 5.97 Å². The molecular weight excluding hydrogens is 306 g/mol. The molecule has 0 saturated heterocycles. The molecule has 0 heterocycles. The van der Waals surface area contributed by atoms with E-state index >= 15 is 0 Å². The smallest absolute Gasteiger partial charge is 0.337 e. The number of nitrogens with zero attached hydrogens (tertiary/aromatic N) is 2. The number of carboxylic acid groups (broad SMARTS) is 1. The van der Waals surface area contributed by atoms with Crippen molar-refractivity contribution < 1.29 is 14.7 Å². The van der Waals surface area contributed by atoms with E-state index in [1.165, 1.54) is 11.0 Å². The average molecular weight is 327 g/mol. The molecule has 0 aliphatic rings. The molecule has 0 aliphatic carbocycles. The molecule has 2 N–H and O–H groups in total. The Kier molecular flexibility index (Phi) is 5.42. The zero-order valence-electron chi connectivity index (χ0n) is 14.0. The lowest BCUT2D eigenvalue weighted by atomic mass is 10.2. The second-order valence-electron chi connectivity index (χ2n) is 5.70. The van der Waals surface area contributed by atoms with Gasteiger partial charge in [0.25, 0.3) is 0 Å². The van der Waals surface area contributed by atoms with Crippen molar-refractivity contribution in [2.45, 2.75) is 6.54 Å². The van der Waals surface area contributed by atoms with E-state index in [4.69, 9.17) is 5.11 Å². The third kappa shape index (κ3) is 4.25. The van der Waals surface area contributed by atoms with Gasteiger partial charge >= 0.3 is 12.0 Å². The summed E-state index contributed by atoms with van der Waals surface area (Å²) in [6, 6.07) is 13.9. The third-order valence-electron chi connectivity index (χ3n) is 3.62. The molecule has 0 saturated carbocycles. The van der Waals surface area contributed by atoms with Crippen molar-refractivity contribution in [2.75, 3.05) is 31.4 Å². The predicted molar refractivity (Wildman–Crippen MR) is 94.7 cm³/mol. The van der Waals surface area contributed by atoms with Crippen molar-refractivity contribution in [3.63, 3.8) is 0 Å². The Balaban J connectivity index is 2.03. The number of benzene rings is 2. The van der Waals surface area contributed by atoms with Gasteiger partial charge in [-0.2, -0.15) is 0 Å². The molecule has 0 bridgehead atoms. The van der Waals surface area contributed by atoms with Gasteiger partial charge < -0.3 is 20.2 Å². The lowest BCUT2D eigenvalue weighted by molar-refractivity contribution is 0.0698. The van der Waals surface area contributed by atoms with Crippen LogP contribution in [0.5, 0.6) is 0 Å². The molecule has 2 aromatic carbocycles. The van der Waals surface area contributed by atoms with Crippen LogP contribution in [0, 0.1) is 0 Å². The number of carbonyl (C=O) groups excluding carboxylic acids is 1. The summed E-state index contributed by atoms with van der Waals surface area (Å²) in [6.45, 7) is 0.425. The van der Waals surface area contributed by atoms with Crippen LogP contribution in [0.1, 0.15) is 15.9 Å². The van der Waals surface area contributed by atoms with Gasteiger partial charge in [0.15, 0.2) is 0 Å². The van der Waals surface area contributed by atoms with Crippen LogP contribution < -0.4 is 10.2 Å². The number of nitrogens with one attached hydrogen (secondary N) is 1. The normalized spacial score (nSPS) is 10.1. The van der Waals surface area contributed by atoms with Gasteiger partial charge in [0, 0.05) is 33.4 Å². The lowest BCUT2D eigenvalue weighted by Gasteiger charge is -2.19. The van der Waals surface area contributed by atoms with E-state index in [9.17, 15) is 9.59 Å². The zero-order chi connectivity index (χ0) is 17.7. The van der Waals surface area contributed by atoms with Crippen LogP contribution in [-0.2, 0) is 6.54 Å². The van der Waals surface area contributed by atoms with Crippen LogP contribution in [0.15, 0.2) is 48.5 Å². The molecule has 0 fully saturated rings. The van der Waals surface area contributed by atoms with Crippen molar-refractivity contribution in [3.8, 4) is 0 Å². The Labute approximate surface area is 141 Å². The minimum absolute atomic E-state index is 0.0644. The first-order valence-corrected chi connectivity index (χ1v) is 7.49. The molecule has 0 atom stereocenters. The topological polar surface area (TPSA) is 72.9 Å². The first kappa shape index (κ1) is 17.3. The molecule has 24 heavy (non-hydrogen) atoms. The summed E-state index contributed by atoms with van der Waals surface area (Å²) in [4.78, 5) is 27.0. The number of para-hydroxylation sites is 1. The lowest BCUT2D eigenvalue weighted by Crippen LogP contribution is -2.31. The van der Waals surface area contributed by atoms with Crippen molar-refractivity contribution >= 4 is 23.4 Å². The highest BCUT2D eigenvalue weighted by atomic mass is 16.4. The molecule has 0 unspecified atom stereocenters. The molecule has 126 valence electrons. The van der Waals surface area contributed by atoms with E-state index in [-0.39, 0.29) is 17.3 Å². The second kappa shape index (κ2) is 7.50. The predicted octanol–water partition coefficient (Wildman–Crippen LogP) is 3.11. The van der Waals surface area contributed by atoms with E-state index in [1.54, 1.807) is 25.2 Å². The Morgan fingerprint density at radius 2 is 1.62 bits per heavy atom. The van der Waals surface area contributed by atoms with E-state index in [0.29, 0.717) is 6.54 Å². The van der Waals surface area contributed by atoms with Crippen LogP contribution in [0.25, 0.3) is 0 Å². The molecule has 6 nitrogen and oxygen atoms in total. The average Bonchev–Trinajstić information content (AvgIpc) is 2.55. The number of hydrogen-bond acceptors (Lipinski definition) is 3. The minimum atomic E-state index is -1.08. The Bertz CT molecular complexity index is 727. The van der Waals surface area contributed by atoms with Crippen molar-refractivity contribution in [1.82, 2.24) is 4.90 Å². The standard InChI is InChI=1S/C18H21N3O3/c1-20(2)14-10-8-13(9-11-14)12-21(3)18(24)19-16-7-5-4-6-15(16)17(22)23/h4-11H,12H2,1-3H3,(H,19,24)(H,22,23). The highest BCUT2D eigenvalue weighted by Gasteiger charge is 2.14. The minimum Gasteiger partial charge on any atom is -0.478 e. The summed E-state index contributed by atoms with van der Waals surface area (Å²) in [6.07, 6.45) is 0. The SMILES string of the molecule is CN(Cc1ccc(N(C)C)cc1)C(=O)Nc1ccccc1C(=O)O. The zero-order valence-corrected chi connectivity index (χ0v) is 14.0. The van der Waals surface area contributed by atoms with Gasteiger partial charge in [-0.1, -0.05) is 24.3 Å². The van der Waals surface area contributed by atoms with Crippen LogP contribution >= 0.6 is 0 Å². The van der Waals surface area contributed by atoms with Gasteiger partial charge in [-0.25, -0.2) is 9.59 Å². The Hall–Kier alpha value is -3.02. The maximum atomic E-state index is 12.3. The van der Waals surface area contributed by atoms with Crippen molar-refractivity contribution in [1.29, 1.82) is 0 Å². The number of anilines is 2. The van der Waals surface area contributed by atoms with E-state index in [1.807, 2.05) is 43.3 Å². The van der Waals surface area contributed by atoms with Crippen LogP contribution in [0.2, 0.25) is 0 Å². The molecule has 2 aromatic rings. The number of urea groups is 1. The monoisotopic (exact) mass is 327 g/mol. The summed E-state index contributed by atoms with van der Waals surface area (Å²) in [5, 5.41) is 11.8. The fraction of sp³-hybridized carbons (Fsp3) is 0.222. The molecule has 0 aromatic heterocycles. The van der Waals surface area contributed by atoms with Crippen molar-refractivity contribution in [2.24, 2.45) is 0 Å².